The van der Waals surface area contributed by atoms with E-state index in [2.05, 4.69) is 10.3 Å². The molecule has 0 saturated carbocycles. The van der Waals surface area contributed by atoms with Crippen LogP contribution < -0.4 is 15.8 Å². The van der Waals surface area contributed by atoms with Crippen molar-refractivity contribution in [3.63, 3.8) is 0 Å². The summed E-state index contributed by atoms with van der Waals surface area (Å²) < 4.78 is 5.47. The van der Waals surface area contributed by atoms with Gasteiger partial charge in [0.25, 0.3) is 0 Å². The van der Waals surface area contributed by atoms with Crippen LogP contribution in [0.15, 0.2) is 36.5 Å². The SMILES string of the molecule is CCOc1cccc(NCc2ncccc2C)c1N. The highest BCUT2D eigenvalue weighted by Crippen LogP contribution is 2.29. The molecule has 0 amide bonds. The van der Waals surface area contributed by atoms with Gasteiger partial charge < -0.3 is 15.8 Å². The van der Waals surface area contributed by atoms with Gasteiger partial charge in [0.05, 0.1) is 30.2 Å². The van der Waals surface area contributed by atoms with Crippen LogP contribution in [0, 0.1) is 6.92 Å². The van der Waals surface area contributed by atoms with Gasteiger partial charge in [-0.25, -0.2) is 0 Å². The Labute approximate surface area is 113 Å². The lowest BCUT2D eigenvalue weighted by Gasteiger charge is -2.13. The van der Waals surface area contributed by atoms with Crippen molar-refractivity contribution in [2.75, 3.05) is 17.7 Å². The number of anilines is 2. The minimum Gasteiger partial charge on any atom is -0.492 e. The molecule has 0 atom stereocenters. The summed E-state index contributed by atoms with van der Waals surface area (Å²) in [5.74, 6) is 0.713. The fourth-order valence-corrected chi connectivity index (χ4v) is 1.86. The smallest absolute Gasteiger partial charge is 0.144 e. The molecule has 0 aliphatic rings. The molecule has 3 N–H and O–H groups in total. The molecular weight excluding hydrogens is 238 g/mol. The van der Waals surface area contributed by atoms with Crippen LogP contribution in [-0.2, 0) is 6.54 Å². The minimum absolute atomic E-state index is 0.604. The summed E-state index contributed by atoms with van der Waals surface area (Å²) in [7, 11) is 0. The van der Waals surface area contributed by atoms with Crippen LogP contribution in [0.1, 0.15) is 18.2 Å². The van der Waals surface area contributed by atoms with E-state index >= 15 is 0 Å². The van der Waals surface area contributed by atoms with E-state index in [9.17, 15) is 0 Å². The van der Waals surface area contributed by atoms with Gasteiger partial charge in [0.2, 0.25) is 0 Å². The van der Waals surface area contributed by atoms with E-state index in [1.807, 2.05) is 44.2 Å². The third-order valence-electron chi connectivity index (χ3n) is 2.93. The molecule has 2 rings (SSSR count). The number of aromatic nitrogens is 1. The first-order valence-corrected chi connectivity index (χ1v) is 6.38. The number of nitrogens with two attached hydrogens (primary N) is 1. The molecule has 2 aromatic rings. The molecule has 0 fully saturated rings. The van der Waals surface area contributed by atoms with Crippen LogP contribution in [0.25, 0.3) is 0 Å². The molecular formula is C15H19N3O. The number of benzene rings is 1. The number of nitrogens with one attached hydrogen (secondary N) is 1. The summed E-state index contributed by atoms with van der Waals surface area (Å²) in [4.78, 5) is 4.35. The highest BCUT2D eigenvalue weighted by molar-refractivity contribution is 5.72. The van der Waals surface area contributed by atoms with Crippen molar-refractivity contribution >= 4 is 11.4 Å². The zero-order valence-corrected chi connectivity index (χ0v) is 11.3. The third-order valence-corrected chi connectivity index (χ3v) is 2.93. The number of ether oxygens (including phenoxy) is 1. The van der Waals surface area contributed by atoms with Crippen LogP contribution in [0.3, 0.4) is 0 Å². The van der Waals surface area contributed by atoms with Gasteiger partial charge in [0.1, 0.15) is 5.75 Å². The van der Waals surface area contributed by atoms with E-state index in [1.165, 1.54) is 0 Å². The lowest BCUT2D eigenvalue weighted by molar-refractivity contribution is 0.342. The number of hydrogen-bond acceptors (Lipinski definition) is 4. The van der Waals surface area contributed by atoms with Crippen molar-refractivity contribution in [2.24, 2.45) is 0 Å². The van der Waals surface area contributed by atoms with E-state index in [4.69, 9.17) is 10.5 Å². The molecule has 0 saturated heterocycles. The van der Waals surface area contributed by atoms with Crippen molar-refractivity contribution in [1.82, 2.24) is 4.98 Å². The fraction of sp³-hybridized carbons (Fsp3) is 0.267. The van der Waals surface area contributed by atoms with Crippen LogP contribution in [-0.4, -0.2) is 11.6 Å². The summed E-state index contributed by atoms with van der Waals surface area (Å²) in [6.07, 6.45) is 1.80. The van der Waals surface area contributed by atoms with Gasteiger partial charge in [-0.1, -0.05) is 12.1 Å². The maximum absolute atomic E-state index is 6.06. The second-order valence-corrected chi connectivity index (χ2v) is 4.27. The topological polar surface area (TPSA) is 60.2 Å². The van der Waals surface area contributed by atoms with Crippen molar-refractivity contribution in [3.05, 3.63) is 47.8 Å². The van der Waals surface area contributed by atoms with Crippen molar-refractivity contribution in [3.8, 4) is 5.75 Å². The largest absolute Gasteiger partial charge is 0.492 e. The van der Waals surface area contributed by atoms with Crippen LogP contribution >= 0.6 is 0 Å². The summed E-state index contributed by atoms with van der Waals surface area (Å²) in [5, 5.41) is 3.30. The predicted octanol–water partition coefficient (Wildman–Crippen LogP) is 2.98. The molecule has 19 heavy (non-hydrogen) atoms. The summed E-state index contributed by atoms with van der Waals surface area (Å²) in [6, 6.07) is 9.72. The van der Waals surface area contributed by atoms with Crippen LogP contribution in [0.2, 0.25) is 0 Å². The van der Waals surface area contributed by atoms with Crippen molar-refractivity contribution < 1.29 is 4.74 Å². The number of pyridine rings is 1. The normalized spacial score (nSPS) is 10.2. The second kappa shape index (κ2) is 6.09. The fourth-order valence-electron chi connectivity index (χ4n) is 1.86. The highest BCUT2D eigenvalue weighted by Gasteiger charge is 2.06. The number of para-hydroxylation sites is 1. The average Bonchev–Trinajstić information content (AvgIpc) is 2.42. The molecule has 100 valence electrons. The van der Waals surface area contributed by atoms with E-state index in [1.54, 1.807) is 6.20 Å². The Morgan fingerprint density at radius 3 is 2.84 bits per heavy atom. The average molecular weight is 257 g/mol. The molecule has 0 radical (unpaired) electrons. The van der Waals surface area contributed by atoms with Gasteiger partial charge in [-0.3, -0.25) is 4.98 Å². The van der Waals surface area contributed by atoms with E-state index in [-0.39, 0.29) is 0 Å². The monoisotopic (exact) mass is 257 g/mol. The quantitative estimate of drug-likeness (QED) is 0.808. The molecule has 1 heterocycles. The molecule has 0 aliphatic heterocycles. The molecule has 0 unspecified atom stereocenters. The highest BCUT2D eigenvalue weighted by atomic mass is 16.5. The Kier molecular flexibility index (Phi) is 4.23. The zero-order chi connectivity index (χ0) is 13.7. The Bertz CT molecular complexity index is 555. The van der Waals surface area contributed by atoms with E-state index in [0.717, 1.165) is 16.9 Å². The molecule has 4 heteroatoms. The maximum atomic E-state index is 6.06. The van der Waals surface area contributed by atoms with E-state index in [0.29, 0.717) is 24.6 Å². The Balaban J connectivity index is 2.12. The zero-order valence-electron chi connectivity index (χ0n) is 11.3. The predicted molar refractivity (Wildman–Crippen MR) is 78.3 cm³/mol. The first kappa shape index (κ1) is 13.2. The van der Waals surface area contributed by atoms with Gasteiger partial charge in [-0.2, -0.15) is 0 Å². The molecule has 0 spiro atoms. The van der Waals surface area contributed by atoms with Gasteiger partial charge in [-0.05, 0) is 37.6 Å². The number of rotatable bonds is 5. The van der Waals surface area contributed by atoms with Gasteiger partial charge in [0, 0.05) is 6.20 Å². The number of nitrogens with zero attached hydrogens (tertiary/aromatic N) is 1. The molecule has 0 aliphatic carbocycles. The van der Waals surface area contributed by atoms with Crippen molar-refractivity contribution in [2.45, 2.75) is 20.4 Å². The standard InChI is InChI=1S/C15H19N3O/c1-3-19-14-8-4-7-12(15(14)16)18-10-13-11(2)6-5-9-17-13/h4-9,18H,3,10,16H2,1-2H3. The number of hydrogen-bond donors (Lipinski definition) is 2. The molecule has 0 bridgehead atoms. The Morgan fingerprint density at radius 1 is 1.26 bits per heavy atom. The van der Waals surface area contributed by atoms with Gasteiger partial charge >= 0.3 is 0 Å². The summed E-state index contributed by atoms with van der Waals surface area (Å²) in [6.45, 7) is 5.24. The van der Waals surface area contributed by atoms with E-state index < -0.39 is 0 Å². The summed E-state index contributed by atoms with van der Waals surface area (Å²) >= 11 is 0. The summed E-state index contributed by atoms with van der Waals surface area (Å²) in [5.41, 5.74) is 9.75. The first-order chi connectivity index (χ1) is 9.22. The van der Waals surface area contributed by atoms with Crippen LogP contribution in [0.4, 0.5) is 11.4 Å². The molecule has 1 aromatic heterocycles. The molecule has 1 aromatic carbocycles. The van der Waals surface area contributed by atoms with Gasteiger partial charge in [0.15, 0.2) is 0 Å². The Morgan fingerprint density at radius 2 is 2.11 bits per heavy atom. The van der Waals surface area contributed by atoms with Crippen molar-refractivity contribution in [1.29, 1.82) is 0 Å². The number of aryl methyl sites for hydroxylation is 1. The number of nitrogen functional groups attached to an aromatic ring is 1. The lowest BCUT2D eigenvalue weighted by Crippen LogP contribution is -2.06. The van der Waals surface area contributed by atoms with Gasteiger partial charge in [-0.15, -0.1) is 0 Å². The Hall–Kier alpha value is -2.23. The third kappa shape index (κ3) is 3.16. The second-order valence-electron chi connectivity index (χ2n) is 4.27. The lowest BCUT2D eigenvalue weighted by atomic mass is 10.2. The van der Waals surface area contributed by atoms with Crippen LogP contribution in [0.5, 0.6) is 5.75 Å². The minimum atomic E-state index is 0.604. The first-order valence-electron chi connectivity index (χ1n) is 6.38. The maximum Gasteiger partial charge on any atom is 0.144 e. The molecule has 4 nitrogen and oxygen atoms in total.